The highest BCUT2D eigenvalue weighted by Gasteiger charge is 2.26. The number of aryl methyl sites for hydroxylation is 2. The molecular formula is C21H28N4O2. The fourth-order valence-electron chi connectivity index (χ4n) is 4.11. The van der Waals surface area contributed by atoms with Crippen LogP contribution in [0.3, 0.4) is 0 Å². The summed E-state index contributed by atoms with van der Waals surface area (Å²) in [5.74, 6) is 0.168. The predicted octanol–water partition coefficient (Wildman–Crippen LogP) is 2.43. The molecule has 27 heavy (non-hydrogen) atoms. The van der Waals surface area contributed by atoms with Crippen molar-refractivity contribution in [3.63, 3.8) is 0 Å². The van der Waals surface area contributed by atoms with Crippen LogP contribution in [0.15, 0.2) is 24.3 Å². The Bertz CT molecular complexity index is 845. The SMILES string of the molecule is CCC(O)c1cc2n(n1)CCN(CC(=O)N1CCCc3cc(C)ccc31)C2. The number of hydrogen-bond acceptors (Lipinski definition) is 4. The number of aliphatic hydroxyl groups excluding tert-OH is 1. The molecule has 1 N–H and O–H groups in total. The number of anilines is 1. The molecule has 6 nitrogen and oxygen atoms in total. The summed E-state index contributed by atoms with van der Waals surface area (Å²) in [5.41, 5.74) is 5.42. The lowest BCUT2D eigenvalue weighted by molar-refractivity contribution is -0.120. The Balaban J connectivity index is 1.45. The van der Waals surface area contributed by atoms with Crippen LogP contribution >= 0.6 is 0 Å². The topological polar surface area (TPSA) is 61.6 Å². The van der Waals surface area contributed by atoms with Gasteiger partial charge in [0.15, 0.2) is 0 Å². The van der Waals surface area contributed by atoms with Crippen LogP contribution in [0.25, 0.3) is 0 Å². The number of fused-ring (bicyclic) bond motifs is 2. The summed E-state index contributed by atoms with van der Waals surface area (Å²) in [6.45, 7) is 7.53. The first kappa shape index (κ1) is 18.2. The van der Waals surface area contributed by atoms with E-state index in [-0.39, 0.29) is 5.91 Å². The summed E-state index contributed by atoms with van der Waals surface area (Å²) in [6, 6.07) is 8.36. The molecule has 3 heterocycles. The zero-order valence-electron chi connectivity index (χ0n) is 16.2. The maximum atomic E-state index is 13.0. The third-order valence-electron chi connectivity index (χ3n) is 5.64. The second-order valence-corrected chi connectivity index (χ2v) is 7.70. The van der Waals surface area contributed by atoms with Crippen LogP contribution in [0.4, 0.5) is 5.69 Å². The molecule has 1 amide bonds. The average Bonchev–Trinajstić information content (AvgIpc) is 3.10. The van der Waals surface area contributed by atoms with E-state index in [4.69, 9.17) is 0 Å². The number of carbonyl (C=O) groups excluding carboxylic acids is 1. The Kier molecular flexibility index (Phi) is 5.02. The fraction of sp³-hybridized carbons (Fsp3) is 0.524. The van der Waals surface area contributed by atoms with Gasteiger partial charge in [-0.2, -0.15) is 5.10 Å². The Morgan fingerprint density at radius 3 is 2.93 bits per heavy atom. The monoisotopic (exact) mass is 368 g/mol. The van der Waals surface area contributed by atoms with Gasteiger partial charge in [0.25, 0.3) is 0 Å². The molecule has 0 bridgehead atoms. The van der Waals surface area contributed by atoms with E-state index in [0.717, 1.165) is 49.6 Å². The molecule has 0 spiro atoms. The Labute approximate surface area is 160 Å². The molecule has 1 aromatic carbocycles. The van der Waals surface area contributed by atoms with Gasteiger partial charge in [0, 0.05) is 25.3 Å². The smallest absolute Gasteiger partial charge is 0.241 e. The van der Waals surface area contributed by atoms with Crippen molar-refractivity contribution in [2.24, 2.45) is 0 Å². The molecule has 144 valence electrons. The molecule has 2 aliphatic heterocycles. The Morgan fingerprint density at radius 2 is 2.11 bits per heavy atom. The first-order valence-corrected chi connectivity index (χ1v) is 9.92. The maximum absolute atomic E-state index is 13.0. The van der Waals surface area contributed by atoms with Gasteiger partial charge in [-0.25, -0.2) is 0 Å². The van der Waals surface area contributed by atoms with Gasteiger partial charge in [-0.1, -0.05) is 24.6 Å². The molecule has 0 aliphatic carbocycles. The normalized spacial score (nSPS) is 18.1. The highest BCUT2D eigenvalue weighted by Crippen LogP contribution is 2.28. The van der Waals surface area contributed by atoms with E-state index >= 15 is 0 Å². The van der Waals surface area contributed by atoms with Crippen LogP contribution in [0.1, 0.15) is 48.4 Å². The highest BCUT2D eigenvalue weighted by molar-refractivity contribution is 5.96. The van der Waals surface area contributed by atoms with Crippen molar-refractivity contribution in [2.75, 3.05) is 24.5 Å². The molecule has 0 saturated carbocycles. The van der Waals surface area contributed by atoms with Gasteiger partial charge < -0.3 is 10.0 Å². The van der Waals surface area contributed by atoms with E-state index in [0.29, 0.717) is 19.5 Å². The average molecular weight is 368 g/mol. The fourth-order valence-corrected chi connectivity index (χ4v) is 4.11. The molecular weight excluding hydrogens is 340 g/mol. The summed E-state index contributed by atoms with van der Waals surface area (Å²) in [7, 11) is 0. The van der Waals surface area contributed by atoms with Crippen molar-refractivity contribution in [3.8, 4) is 0 Å². The standard InChI is InChI=1S/C21H28N4O2/c1-3-20(26)18-12-17-13-23(9-10-25(17)22-18)14-21(27)24-8-4-5-16-11-15(2)6-7-19(16)24/h6-7,11-12,20,26H,3-5,8-10,13-14H2,1-2H3. The molecule has 2 aliphatic rings. The summed E-state index contributed by atoms with van der Waals surface area (Å²) >= 11 is 0. The van der Waals surface area contributed by atoms with Crippen molar-refractivity contribution < 1.29 is 9.90 Å². The summed E-state index contributed by atoms with van der Waals surface area (Å²) < 4.78 is 1.97. The van der Waals surface area contributed by atoms with Crippen LogP contribution in [0.5, 0.6) is 0 Å². The lowest BCUT2D eigenvalue weighted by Gasteiger charge is -2.33. The molecule has 0 radical (unpaired) electrons. The van der Waals surface area contributed by atoms with Gasteiger partial charge in [0.1, 0.15) is 0 Å². The molecule has 2 aromatic rings. The van der Waals surface area contributed by atoms with E-state index in [9.17, 15) is 9.90 Å². The van der Waals surface area contributed by atoms with E-state index < -0.39 is 6.10 Å². The third-order valence-corrected chi connectivity index (χ3v) is 5.64. The minimum Gasteiger partial charge on any atom is -0.387 e. The number of carbonyl (C=O) groups is 1. The first-order chi connectivity index (χ1) is 13.0. The number of amides is 1. The quantitative estimate of drug-likeness (QED) is 0.900. The lowest BCUT2D eigenvalue weighted by Crippen LogP contribution is -2.45. The van der Waals surface area contributed by atoms with E-state index in [2.05, 4.69) is 35.1 Å². The number of hydrogen-bond donors (Lipinski definition) is 1. The second-order valence-electron chi connectivity index (χ2n) is 7.70. The van der Waals surface area contributed by atoms with Gasteiger partial charge in [-0.3, -0.25) is 14.4 Å². The molecule has 0 saturated heterocycles. The molecule has 4 rings (SSSR count). The van der Waals surface area contributed by atoms with E-state index in [1.54, 1.807) is 0 Å². The van der Waals surface area contributed by atoms with Crippen LogP contribution in [-0.2, 0) is 24.3 Å². The summed E-state index contributed by atoms with van der Waals surface area (Å²) in [4.78, 5) is 17.1. The highest BCUT2D eigenvalue weighted by atomic mass is 16.3. The molecule has 1 aromatic heterocycles. The van der Waals surface area contributed by atoms with Crippen molar-refractivity contribution in [3.05, 3.63) is 46.8 Å². The zero-order valence-corrected chi connectivity index (χ0v) is 16.2. The van der Waals surface area contributed by atoms with Crippen LogP contribution in [-0.4, -0.2) is 45.3 Å². The molecule has 0 fully saturated rings. The second kappa shape index (κ2) is 7.44. The zero-order chi connectivity index (χ0) is 19.0. The molecule has 1 atom stereocenters. The van der Waals surface area contributed by atoms with Crippen molar-refractivity contribution >= 4 is 11.6 Å². The number of aromatic nitrogens is 2. The van der Waals surface area contributed by atoms with Gasteiger partial charge in [-0.05, 0) is 43.9 Å². The minimum atomic E-state index is -0.508. The van der Waals surface area contributed by atoms with Crippen LogP contribution in [0, 0.1) is 6.92 Å². The van der Waals surface area contributed by atoms with E-state index in [1.165, 1.54) is 11.1 Å². The maximum Gasteiger partial charge on any atom is 0.241 e. The summed E-state index contributed by atoms with van der Waals surface area (Å²) in [5, 5.41) is 14.5. The third kappa shape index (κ3) is 3.64. The largest absolute Gasteiger partial charge is 0.387 e. The summed E-state index contributed by atoms with van der Waals surface area (Å²) in [6.07, 6.45) is 2.22. The predicted molar refractivity (Wildman–Crippen MR) is 105 cm³/mol. The van der Waals surface area contributed by atoms with Gasteiger partial charge in [-0.15, -0.1) is 0 Å². The van der Waals surface area contributed by atoms with Crippen LogP contribution in [0.2, 0.25) is 0 Å². The van der Waals surface area contributed by atoms with Gasteiger partial charge in [0.2, 0.25) is 5.91 Å². The van der Waals surface area contributed by atoms with Crippen molar-refractivity contribution in [1.29, 1.82) is 0 Å². The number of nitrogens with zero attached hydrogens (tertiary/aromatic N) is 4. The first-order valence-electron chi connectivity index (χ1n) is 9.92. The van der Waals surface area contributed by atoms with Crippen LogP contribution < -0.4 is 4.90 Å². The lowest BCUT2D eigenvalue weighted by atomic mass is 9.99. The van der Waals surface area contributed by atoms with E-state index in [1.807, 2.05) is 22.6 Å². The van der Waals surface area contributed by atoms with Crippen molar-refractivity contribution in [2.45, 2.75) is 52.3 Å². The van der Waals surface area contributed by atoms with Gasteiger partial charge in [0.05, 0.1) is 30.6 Å². The number of benzene rings is 1. The number of aliphatic hydroxyl groups is 1. The van der Waals surface area contributed by atoms with Gasteiger partial charge >= 0.3 is 0 Å². The Hall–Kier alpha value is -2.18. The number of rotatable bonds is 4. The Morgan fingerprint density at radius 1 is 1.26 bits per heavy atom. The molecule has 1 unspecified atom stereocenters. The van der Waals surface area contributed by atoms with Crippen molar-refractivity contribution in [1.82, 2.24) is 14.7 Å². The minimum absolute atomic E-state index is 0.168. The molecule has 6 heteroatoms.